The molecule has 1 aliphatic heterocycles. The Bertz CT molecular complexity index is 1030. The van der Waals surface area contributed by atoms with Crippen LogP contribution < -0.4 is 15.4 Å². The second-order valence-electron chi connectivity index (χ2n) is 7.76. The van der Waals surface area contributed by atoms with Gasteiger partial charge in [-0.2, -0.15) is 5.10 Å². The fraction of sp³-hybridized carbons (Fsp3) is 0.500. The average Bonchev–Trinajstić information content (AvgIpc) is 3.52. The minimum atomic E-state index is -2.53. The Morgan fingerprint density at radius 2 is 2.13 bits per heavy atom. The molecule has 8 nitrogen and oxygen atoms in total. The Balaban J connectivity index is 1.46. The van der Waals surface area contributed by atoms with Gasteiger partial charge in [0.2, 0.25) is 0 Å². The van der Waals surface area contributed by atoms with Crippen molar-refractivity contribution in [3.63, 3.8) is 0 Å². The van der Waals surface area contributed by atoms with Crippen LogP contribution in [0.5, 0.6) is 5.75 Å². The molecule has 2 fully saturated rings. The molecule has 1 saturated heterocycles. The Labute approximate surface area is 172 Å². The van der Waals surface area contributed by atoms with Gasteiger partial charge in [-0.1, -0.05) is 0 Å². The van der Waals surface area contributed by atoms with Gasteiger partial charge in [0.05, 0.1) is 18.6 Å². The highest BCUT2D eigenvalue weighted by atomic mass is 19.3. The molecular weight excluding hydrogens is 392 g/mol. The summed E-state index contributed by atoms with van der Waals surface area (Å²) >= 11 is 0. The van der Waals surface area contributed by atoms with Gasteiger partial charge in [0.1, 0.15) is 35.3 Å². The molecule has 0 aromatic carbocycles. The van der Waals surface area contributed by atoms with Crippen LogP contribution in [0.3, 0.4) is 0 Å². The Kier molecular flexibility index (Phi) is 5.16. The fourth-order valence-electron chi connectivity index (χ4n) is 3.74. The molecule has 0 amide bonds. The van der Waals surface area contributed by atoms with Gasteiger partial charge in [-0.15, -0.1) is 0 Å². The molecule has 2 N–H and O–H groups in total. The summed E-state index contributed by atoms with van der Waals surface area (Å²) in [6.45, 7) is 1.29. The first-order chi connectivity index (χ1) is 14.7. The van der Waals surface area contributed by atoms with Crippen molar-refractivity contribution in [1.29, 1.82) is 0 Å². The molecule has 3 aromatic heterocycles. The highest BCUT2D eigenvalue weighted by Crippen LogP contribution is 2.43. The molecule has 1 aliphatic carbocycles. The summed E-state index contributed by atoms with van der Waals surface area (Å²) in [6.07, 6.45) is 6.68. The van der Waals surface area contributed by atoms with Crippen molar-refractivity contribution in [1.82, 2.24) is 29.9 Å². The van der Waals surface area contributed by atoms with Gasteiger partial charge in [-0.25, -0.2) is 23.3 Å². The lowest BCUT2D eigenvalue weighted by Crippen LogP contribution is -2.38. The maximum Gasteiger partial charge on any atom is 0.272 e. The molecule has 30 heavy (non-hydrogen) atoms. The number of hydrogen-bond donors (Lipinski definition) is 2. The summed E-state index contributed by atoms with van der Waals surface area (Å²) in [5.41, 5.74) is 2.56. The van der Waals surface area contributed by atoms with E-state index in [1.54, 1.807) is 29.2 Å². The summed E-state index contributed by atoms with van der Waals surface area (Å²) in [7, 11) is 0. The second kappa shape index (κ2) is 8.10. The number of rotatable bonds is 7. The molecule has 0 radical (unpaired) electrons. The highest BCUT2D eigenvalue weighted by Gasteiger charge is 2.30. The lowest BCUT2D eigenvalue weighted by Gasteiger charge is -2.24. The van der Waals surface area contributed by atoms with Gasteiger partial charge >= 0.3 is 0 Å². The predicted molar refractivity (Wildman–Crippen MR) is 107 cm³/mol. The van der Waals surface area contributed by atoms with Gasteiger partial charge in [-0.3, -0.25) is 4.98 Å². The molecule has 0 bridgehead atoms. The average molecular weight is 415 g/mol. The molecule has 1 atom stereocenters. The van der Waals surface area contributed by atoms with Crippen LogP contribution >= 0.6 is 0 Å². The van der Waals surface area contributed by atoms with Crippen molar-refractivity contribution in [2.45, 2.75) is 44.1 Å². The molecular formula is C20H23F2N7O. The van der Waals surface area contributed by atoms with E-state index in [-0.39, 0.29) is 5.92 Å². The number of ether oxygens (including phenoxy) is 1. The summed E-state index contributed by atoms with van der Waals surface area (Å²) in [6, 6.07) is 2.00. The number of nitrogens with zero attached hydrogens (tertiary/aromatic N) is 5. The third-order valence-corrected chi connectivity index (χ3v) is 5.36. The molecule has 158 valence electrons. The van der Waals surface area contributed by atoms with E-state index < -0.39 is 13.0 Å². The topological polar surface area (TPSA) is 89.3 Å². The van der Waals surface area contributed by atoms with E-state index in [1.165, 1.54) is 0 Å². The lowest BCUT2D eigenvalue weighted by molar-refractivity contribution is 0.0811. The van der Waals surface area contributed by atoms with Crippen LogP contribution in [0.2, 0.25) is 0 Å². The maximum atomic E-state index is 12.6. The number of hydrogen-bond acceptors (Lipinski definition) is 7. The summed E-state index contributed by atoms with van der Waals surface area (Å²) in [4.78, 5) is 13.4. The SMILES string of the molecule is FC(F)COc1cc2ncc(-c3cncc(N[C@@H]4CCCNC4)n3)n2nc1C1CC1. The minimum Gasteiger partial charge on any atom is -0.485 e. The van der Waals surface area contributed by atoms with Gasteiger partial charge in [0.15, 0.2) is 5.65 Å². The van der Waals surface area contributed by atoms with Crippen molar-refractivity contribution in [3.05, 3.63) is 30.4 Å². The first-order valence-electron chi connectivity index (χ1n) is 10.3. The first-order valence-corrected chi connectivity index (χ1v) is 10.3. The highest BCUT2D eigenvalue weighted by molar-refractivity contribution is 5.61. The van der Waals surface area contributed by atoms with Gasteiger partial charge < -0.3 is 15.4 Å². The zero-order valence-corrected chi connectivity index (χ0v) is 16.4. The van der Waals surface area contributed by atoms with E-state index in [4.69, 9.17) is 9.72 Å². The van der Waals surface area contributed by atoms with Crippen molar-refractivity contribution >= 4 is 11.5 Å². The van der Waals surface area contributed by atoms with Crippen molar-refractivity contribution in [2.75, 3.05) is 25.0 Å². The Hall–Kier alpha value is -2.88. The summed E-state index contributed by atoms with van der Waals surface area (Å²) in [5.74, 6) is 1.32. The minimum absolute atomic E-state index is 0.232. The number of alkyl halides is 2. The second-order valence-corrected chi connectivity index (χ2v) is 7.76. The standard InChI is InChI=1S/C20H23F2N7O/c21-17(22)11-30-16-6-19-25-9-15(29(19)28-20(16)12-3-4-12)14-8-24-10-18(27-14)26-13-2-1-5-23-7-13/h6,8-10,12-13,17,23H,1-5,7,11H2,(H,26,27)/t13-/m1/s1. The Morgan fingerprint density at radius 1 is 1.23 bits per heavy atom. The van der Waals surface area contributed by atoms with E-state index in [0.717, 1.165) is 38.8 Å². The van der Waals surface area contributed by atoms with E-state index in [9.17, 15) is 8.78 Å². The van der Waals surface area contributed by atoms with Crippen molar-refractivity contribution in [2.24, 2.45) is 0 Å². The first kappa shape index (κ1) is 19.1. The van der Waals surface area contributed by atoms with Crippen LogP contribution in [0.1, 0.15) is 37.3 Å². The Morgan fingerprint density at radius 3 is 2.90 bits per heavy atom. The predicted octanol–water partition coefficient (Wildman–Crippen LogP) is 2.87. The molecule has 0 unspecified atom stereocenters. The van der Waals surface area contributed by atoms with Crippen LogP contribution in [-0.4, -0.2) is 56.7 Å². The number of nitrogens with one attached hydrogen (secondary N) is 2. The zero-order chi connectivity index (χ0) is 20.5. The molecule has 0 spiro atoms. The number of aromatic nitrogens is 5. The van der Waals surface area contributed by atoms with Crippen LogP contribution in [0.15, 0.2) is 24.7 Å². The van der Waals surface area contributed by atoms with Crippen molar-refractivity contribution < 1.29 is 13.5 Å². The number of anilines is 1. The quantitative estimate of drug-likeness (QED) is 0.613. The zero-order valence-electron chi connectivity index (χ0n) is 16.4. The third kappa shape index (κ3) is 4.04. The molecule has 2 aliphatic rings. The van der Waals surface area contributed by atoms with Gasteiger partial charge in [0, 0.05) is 24.6 Å². The molecule has 10 heteroatoms. The molecule has 4 heterocycles. The van der Waals surface area contributed by atoms with Crippen molar-refractivity contribution in [3.8, 4) is 17.1 Å². The summed E-state index contributed by atoms with van der Waals surface area (Å²) in [5, 5.41) is 11.5. The number of piperidine rings is 1. The summed E-state index contributed by atoms with van der Waals surface area (Å²) < 4.78 is 32.3. The molecule has 1 saturated carbocycles. The van der Waals surface area contributed by atoms with E-state index in [0.29, 0.717) is 40.3 Å². The van der Waals surface area contributed by atoms with Gasteiger partial charge in [0.25, 0.3) is 6.43 Å². The maximum absolute atomic E-state index is 12.6. The normalized spacial score (nSPS) is 19.4. The third-order valence-electron chi connectivity index (χ3n) is 5.36. The smallest absolute Gasteiger partial charge is 0.272 e. The number of fused-ring (bicyclic) bond motifs is 1. The number of halogens is 2. The lowest BCUT2D eigenvalue weighted by atomic mass is 10.1. The van der Waals surface area contributed by atoms with E-state index >= 15 is 0 Å². The van der Waals surface area contributed by atoms with E-state index in [2.05, 4.69) is 25.7 Å². The molecule has 5 rings (SSSR count). The molecule has 3 aromatic rings. The van der Waals surface area contributed by atoms with E-state index in [1.807, 2.05) is 0 Å². The largest absolute Gasteiger partial charge is 0.485 e. The fourth-order valence-corrected chi connectivity index (χ4v) is 3.74. The van der Waals surface area contributed by atoms with Crippen LogP contribution in [0.25, 0.3) is 17.0 Å². The number of imidazole rings is 1. The monoisotopic (exact) mass is 415 g/mol. The van der Waals surface area contributed by atoms with Gasteiger partial charge in [-0.05, 0) is 32.2 Å². The van der Waals surface area contributed by atoms with Crippen LogP contribution in [0, 0.1) is 0 Å². The van der Waals surface area contributed by atoms with Crippen LogP contribution in [-0.2, 0) is 0 Å². The van der Waals surface area contributed by atoms with Crippen LogP contribution in [0.4, 0.5) is 14.6 Å².